The SMILES string of the molecule is CO[C@]1(C)CC(C)N(C)C1. The molecule has 0 radical (unpaired) electrons. The summed E-state index contributed by atoms with van der Waals surface area (Å²) in [6, 6.07) is 0.671. The molecule has 2 nitrogen and oxygen atoms in total. The van der Waals surface area contributed by atoms with Crippen LogP contribution in [0, 0.1) is 0 Å². The van der Waals surface area contributed by atoms with Gasteiger partial charge in [0.05, 0.1) is 5.60 Å². The molecule has 0 aromatic rings. The van der Waals surface area contributed by atoms with E-state index in [0.717, 1.165) is 13.0 Å². The molecule has 0 aromatic heterocycles. The van der Waals surface area contributed by atoms with Crippen LogP contribution in [0.3, 0.4) is 0 Å². The standard InChI is InChI=1S/C8H17NO/c1-7-5-8(2,10-4)6-9(7)3/h7H,5-6H2,1-4H3/t7?,8-/m1/s1. The van der Waals surface area contributed by atoms with E-state index >= 15 is 0 Å². The van der Waals surface area contributed by atoms with Crippen molar-refractivity contribution >= 4 is 0 Å². The van der Waals surface area contributed by atoms with Crippen LogP contribution < -0.4 is 0 Å². The van der Waals surface area contributed by atoms with Gasteiger partial charge in [0.15, 0.2) is 0 Å². The lowest BCUT2D eigenvalue weighted by Gasteiger charge is -2.21. The van der Waals surface area contributed by atoms with Crippen molar-refractivity contribution in [3.8, 4) is 0 Å². The smallest absolute Gasteiger partial charge is 0.0791 e. The molecule has 60 valence electrons. The van der Waals surface area contributed by atoms with E-state index in [1.54, 1.807) is 7.11 Å². The summed E-state index contributed by atoms with van der Waals surface area (Å²) in [5, 5.41) is 0. The molecule has 2 atom stereocenters. The minimum Gasteiger partial charge on any atom is -0.377 e. The molecule has 0 aliphatic carbocycles. The highest BCUT2D eigenvalue weighted by Gasteiger charge is 2.36. The number of likely N-dealkylation sites (tertiary alicyclic amines) is 1. The zero-order chi connectivity index (χ0) is 7.78. The van der Waals surface area contributed by atoms with Crippen LogP contribution in [0.4, 0.5) is 0 Å². The molecule has 0 N–H and O–H groups in total. The van der Waals surface area contributed by atoms with Gasteiger partial charge in [0, 0.05) is 19.7 Å². The van der Waals surface area contributed by atoms with Crippen molar-refractivity contribution in [2.75, 3.05) is 20.7 Å². The van der Waals surface area contributed by atoms with Gasteiger partial charge in [-0.25, -0.2) is 0 Å². The predicted octanol–water partition coefficient (Wildman–Crippen LogP) is 1.12. The van der Waals surface area contributed by atoms with Crippen molar-refractivity contribution in [3.05, 3.63) is 0 Å². The van der Waals surface area contributed by atoms with Gasteiger partial charge in [-0.05, 0) is 27.3 Å². The van der Waals surface area contributed by atoms with Gasteiger partial charge >= 0.3 is 0 Å². The van der Waals surface area contributed by atoms with Crippen LogP contribution in [0.5, 0.6) is 0 Å². The molecule has 1 saturated heterocycles. The zero-order valence-electron chi connectivity index (χ0n) is 7.35. The minimum atomic E-state index is 0.105. The van der Waals surface area contributed by atoms with E-state index in [0.29, 0.717) is 6.04 Å². The Hall–Kier alpha value is -0.0800. The molecule has 10 heavy (non-hydrogen) atoms. The van der Waals surface area contributed by atoms with E-state index in [9.17, 15) is 0 Å². The lowest BCUT2D eigenvalue weighted by molar-refractivity contribution is 0.0164. The second-order valence-electron chi connectivity index (χ2n) is 3.62. The molecular formula is C8H17NO. The van der Waals surface area contributed by atoms with Gasteiger partial charge in [0.2, 0.25) is 0 Å². The molecule has 0 spiro atoms. The summed E-state index contributed by atoms with van der Waals surface area (Å²) in [7, 11) is 3.95. The normalized spacial score (nSPS) is 42.6. The predicted molar refractivity (Wildman–Crippen MR) is 42.1 cm³/mol. The van der Waals surface area contributed by atoms with Crippen molar-refractivity contribution in [1.29, 1.82) is 0 Å². The highest BCUT2D eigenvalue weighted by molar-refractivity contribution is 4.90. The molecule has 0 bridgehead atoms. The molecule has 0 aromatic carbocycles. The minimum absolute atomic E-state index is 0.105. The Morgan fingerprint density at radius 3 is 2.40 bits per heavy atom. The quantitative estimate of drug-likeness (QED) is 0.545. The van der Waals surface area contributed by atoms with Crippen LogP contribution in [0.1, 0.15) is 20.3 Å². The van der Waals surface area contributed by atoms with E-state index in [1.807, 2.05) is 0 Å². The number of ether oxygens (including phenoxy) is 1. The Labute approximate surface area is 63.2 Å². The first kappa shape index (κ1) is 8.02. The monoisotopic (exact) mass is 143 g/mol. The van der Waals surface area contributed by atoms with E-state index < -0.39 is 0 Å². The molecule has 2 heteroatoms. The fourth-order valence-electron chi connectivity index (χ4n) is 1.68. The second kappa shape index (κ2) is 2.51. The number of hydrogen-bond donors (Lipinski definition) is 0. The largest absolute Gasteiger partial charge is 0.377 e. The van der Waals surface area contributed by atoms with Crippen molar-refractivity contribution < 1.29 is 4.74 Å². The molecule has 1 fully saturated rings. The zero-order valence-corrected chi connectivity index (χ0v) is 7.35. The van der Waals surface area contributed by atoms with Gasteiger partial charge in [-0.2, -0.15) is 0 Å². The van der Waals surface area contributed by atoms with Gasteiger partial charge in [-0.15, -0.1) is 0 Å². The third-order valence-electron chi connectivity index (χ3n) is 2.56. The Balaban J connectivity index is 2.55. The maximum Gasteiger partial charge on any atom is 0.0791 e. The summed E-state index contributed by atoms with van der Waals surface area (Å²) < 4.78 is 5.40. The first-order chi connectivity index (χ1) is 4.57. The average molecular weight is 143 g/mol. The number of methoxy groups -OCH3 is 1. The number of nitrogens with zero attached hydrogens (tertiary/aromatic N) is 1. The van der Waals surface area contributed by atoms with Crippen LogP contribution in [0.25, 0.3) is 0 Å². The van der Waals surface area contributed by atoms with Crippen LogP contribution in [0.15, 0.2) is 0 Å². The Morgan fingerprint density at radius 1 is 1.60 bits per heavy atom. The summed E-state index contributed by atoms with van der Waals surface area (Å²) in [6.07, 6.45) is 1.15. The molecule has 0 amide bonds. The lowest BCUT2D eigenvalue weighted by atomic mass is 10.0. The van der Waals surface area contributed by atoms with Crippen molar-refractivity contribution in [2.24, 2.45) is 0 Å². The Kier molecular flexibility index (Phi) is 2.02. The lowest BCUT2D eigenvalue weighted by Crippen LogP contribution is -2.30. The molecular weight excluding hydrogens is 126 g/mol. The summed E-state index contributed by atoms with van der Waals surface area (Å²) in [5.74, 6) is 0. The number of rotatable bonds is 1. The fraction of sp³-hybridized carbons (Fsp3) is 1.00. The summed E-state index contributed by atoms with van der Waals surface area (Å²) >= 11 is 0. The van der Waals surface area contributed by atoms with E-state index in [1.165, 1.54) is 0 Å². The third kappa shape index (κ3) is 1.32. The van der Waals surface area contributed by atoms with Crippen molar-refractivity contribution in [1.82, 2.24) is 4.90 Å². The van der Waals surface area contributed by atoms with Crippen LogP contribution in [-0.2, 0) is 4.74 Å². The van der Waals surface area contributed by atoms with Gasteiger partial charge in [0.25, 0.3) is 0 Å². The molecule has 1 rings (SSSR count). The van der Waals surface area contributed by atoms with E-state index in [4.69, 9.17) is 4.74 Å². The summed E-state index contributed by atoms with van der Waals surface area (Å²) in [5.41, 5.74) is 0.105. The molecule has 0 saturated carbocycles. The van der Waals surface area contributed by atoms with E-state index in [2.05, 4.69) is 25.8 Å². The topological polar surface area (TPSA) is 12.5 Å². The fourth-order valence-corrected chi connectivity index (χ4v) is 1.68. The Morgan fingerprint density at radius 2 is 2.20 bits per heavy atom. The van der Waals surface area contributed by atoms with Crippen LogP contribution in [-0.4, -0.2) is 37.2 Å². The van der Waals surface area contributed by atoms with Crippen molar-refractivity contribution in [2.45, 2.75) is 31.9 Å². The molecule has 1 aliphatic rings. The second-order valence-corrected chi connectivity index (χ2v) is 3.62. The first-order valence-corrected chi connectivity index (χ1v) is 3.83. The van der Waals surface area contributed by atoms with Crippen LogP contribution in [0.2, 0.25) is 0 Å². The molecule has 1 heterocycles. The molecule has 1 aliphatic heterocycles. The van der Waals surface area contributed by atoms with Crippen LogP contribution >= 0.6 is 0 Å². The summed E-state index contributed by atoms with van der Waals surface area (Å²) in [6.45, 7) is 5.47. The number of likely N-dealkylation sites (N-methyl/N-ethyl adjacent to an activating group) is 1. The highest BCUT2D eigenvalue weighted by atomic mass is 16.5. The molecule has 1 unspecified atom stereocenters. The maximum atomic E-state index is 5.40. The Bertz CT molecular complexity index is 114. The van der Waals surface area contributed by atoms with Gasteiger partial charge < -0.3 is 9.64 Å². The third-order valence-corrected chi connectivity index (χ3v) is 2.56. The average Bonchev–Trinajstić information content (AvgIpc) is 2.10. The van der Waals surface area contributed by atoms with E-state index in [-0.39, 0.29) is 5.60 Å². The number of hydrogen-bond acceptors (Lipinski definition) is 2. The van der Waals surface area contributed by atoms with Gasteiger partial charge in [0.1, 0.15) is 0 Å². The van der Waals surface area contributed by atoms with Crippen molar-refractivity contribution in [3.63, 3.8) is 0 Å². The van der Waals surface area contributed by atoms with Gasteiger partial charge in [-0.1, -0.05) is 0 Å². The maximum absolute atomic E-state index is 5.40. The highest BCUT2D eigenvalue weighted by Crippen LogP contribution is 2.27. The first-order valence-electron chi connectivity index (χ1n) is 3.83. The van der Waals surface area contributed by atoms with Gasteiger partial charge in [-0.3, -0.25) is 0 Å². The summed E-state index contributed by atoms with van der Waals surface area (Å²) in [4.78, 5) is 2.34.